The second-order valence-corrected chi connectivity index (χ2v) is 6.69. The van der Waals surface area contributed by atoms with Crippen LogP contribution < -0.4 is 0 Å². The zero-order chi connectivity index (χ0) is 14.8. The first-order valence-corrected chi connectivity index (χ1v) is 8.66. The molecule has 4 rings (SSSR count). The summed E-state index contributed by atoms with van der Waals surface area (Å²) in [4.78, 5) is 0. The number of hydrogen-bond donors (Lipinski definition) is 0. The van der Waals surface area contributed by atoms with E-state index in [0.29, 0.717) is 0 Å². The van der Waals surface area contributed by atoms with Crippen molar-refractivity contribution in [3.8, 4) is 0 Å². The van der Waals surface area contributed by atoms with E-state index in [1.165, 1.54) is 20.2 Å². The van der Waals surface area contributed by atoms with Crippen molar-refractivity contribution in [2.24, 2.45) is 10.2 Å². The molecule has 0 N–H and O–H groups in total. The van der Waals surface area contributed by atoms with Crippen LogP contribution in [0.4, 0.5) is 0 Å². The molecule has 2 aromatic carbocycles. The minimum absolute atomic E-state index is 1.12. The summed E-state index contributed by atoms with van der Waals surface area (Å²) >= 11 is 3.46. The van der Waals surface area contributed by atoms with Crippen molar-refractivity contribution < 1.29 is 0 Å². The van der Waals surface area contributed by atoms with E-state index in [2.05, 4.69) is 57.4 Å². The van der Waals surface area contributed by atoms with Crippen molar-refractivity contribution >= 4 is 55.3 Å². The van der Waals surface area contributed by atoms with Crippen LogP contribution in [0.1, 0.15) is 11.1 Å². The number of fused-ring (bicyclic) bond motifs is 2. The fourth-order valence-corrected chi connectivity index (χ4v) is 4.21. The second kappa shape index (κ2) is 5.83. The lowest BCUT2D eigenvalue weighted by molar-refractivity contribution is 1.27. The summed E-state index contributed by atoms with van der Waals surface area (Å²) in [5, 5.41) is 15.1. The van der Waals surface area contributed by atoms with Crippen molar-refractivity contribution in [1.82, 2.24) is 0 Å². The number of hydrogen-bond acceptors (Lipinski definition) is 4. The molecule has 4 aromatic rings. The van der Waals surface area contributed by atoms with Crippen LogP contribution in [0.15, 0.2) is 69.5 Å². The maximum Gasteiger partial charge on any atom is 0.0582 e. The van der Waals surface area contributed by atoms with Crippen molar-refractivity contribution in [2.75, 3.05) is 0 Å². The Kier molecular flexibility index (Phi) is 3.54. The fourth-order valence-electron chi connectivity index (χ4n) is 2.39. The van der Waals surface area contributed by atoms with Crippen LogP contribution in [0.2, 0.25) is 0 Å². The summed E-state index contributed by atoms with van der Waals surface area (Å²) in [5.74, 6) is 0. The van der Waals surface area contributed by atoms with Crippen molar-refractivity contribution in [2.45, 2.75) is 0 Å². The van der Waals surface area contributed by atoms with Gasteiger partial charge in [-0.15, -0.1) is 22.7 Å². The molecule has 0 atom stereocenters. The molecule has 0 unspecified atom stereocenters. The minimum Gasteiger partial charge on any atom is -0.158 e. The van der Waals surface area contributed by atoms with Crippen LogP contribution in [0, 0.1) is 0 Å². The Hall–Kier alpha value is -2.30. The average Bonchev–Trinajstić information content (AvgIpc) is 3.16. The maximum absolute atomic E-state index is 4.20. The second-order valence-electron chi connectivity index (χ2n) is 4.86. The molecule has 0 radical (unpaired) electrons. The van der Waals surface area contributed by atoms with E-state index in [1.54, 1.807) is 22.7 Å². The number of benzene rings is 2. The molecule has 4 heteroatoms. The molecule has 2 heterocycles. The molecule has 0 saturated carbocycles. The molecule has 0 aliphatic heterocycles. The van der Waals surface area contributed by atoms with Crippen LogP contribution in [0.3, 0.4) is 0 Å². The van der Waals surface area contributed by atoms with Crippen molar-refractivity contribution in [1.29, 1.82) is 0 Å². The van der Waals surface area contributed by atoms with Crippen molar-refractivity contribution in [3.63, 3.8) is 0 Å². The Labute approximate surface area is 136 Å². The predicted octanol–water partition coefficient (Wildman–Crippen LogP) is 5.57. The summed E-state index contributed by atoms with van der Waals surface area (Å²) in [5.41, 5.74) is 2.24. The molecule has 22 heavy (non-hydrogen) atoms. The molecule has 106 valence electrons. The van der Waals surface area contributed by atoms with Gasteiger partial charge in [0.05, 0.1) is 12.4 Å². The van der Waals surface area contributed by atoms with E-state index in [1.807, 2.05) is 24.6 Å². The highest BCUT2D eigenvalue weighted by Crippen LogP contribution is 2.25. The third-order valence-corrected chi connectivity index (χ3v) is 5.45. The highest BCUT2D eigenvalue weighted by molar-refractivity contribution is 7.17. The molecule has 0 bridgehead atoms. The lowest BCUT2D eigenvalue weighted by atomic mass is 10.2. The first kappa shape index (κ1) is 13.4. The number of thiophene rings is 2. The van der Waals surface area contributed by atoms with Gasteiger partial charge in [0.15, 0.2) is 0 Å². The summed E-state index contributed by atoms with van der Waals surface area (Å²) in [7, 11) is 0. The van der Waals surface area contributed by atoms with Gasteiger partial charge in [-0.3, -0.25) is 0 Å². The molecule has 2 nitrogen and oxygen atoms in total. The topological polar surface area (TPSA) is 24.7 Å². The monoisotopic (exact) mass is 320 g/mol. The van der Waals surface area contributed by atoms with Crippen LogP contribution in [0.25, 0.3) is 20.2 Å². The Morgan fingerprint density at radius 3 is 1.59 bits per heavy atom. The summed E-state index contributed by atoms with van der Waals surface area (Å²) in [6, 6.07) is 16.7. The van der Waals surface area contributed by atoms with E-state index >= 15 is 0 Å². The Morgan fingerprint density at radius 1 is 0.636 bits per heavy atom. The molecule has 0 aliphatic rings. The van der Waals surface area contributed by atoms with Crippen LogP contribution in [-0.2, 0) is 0 Å². The van der Waals surface area contributed by atoms with Crippen LogP contribution in [0.5, 0.6) is 0 Å². The van der Waals surface area contributed by atoms with E-state index < -0.39 is 0 Å². The molecule has 0 saturated heterocycles. The fraction of sp³-hybridized carbons (Fsp3) is 0. The van der Waals surface area contributed by atoms with Gasteiger partial charge >= 0.3 is 0 Å². The summed E-state index contributed by atoms with van der Waals surface area (Å²) in [6.45, 7) is 0. The smallest absolute Gasteiger partial charge is 0.0582 e. The normalized spacial score (nSPS) is 12.2. The molecule has 0 fully saturated rings. The Balaban J connectivity index is 1.59. The van der Waals surface area contributed by atoms with Crippen molar-refractivity contribution in [3.05, 3.63) is 70.4 Å². The van der Waals surface area contributed by atoms with E-state index in [4.69, 9.17) is 0 Å². The summed E-state index contributed by atoms with van der Waals surface area (Å²) in [6.07, 6.45) is 3.65. The first-order chi connectivity index (χ1) is 10.9. The number of nitrogens with zero attached hydrogens (tertiary/aromatic N) is 2. The molecule has 2 aromatic heterocycles. The molecule has 0 spiro atoms. The molecule has 0 aliphatic carbocycles. The molecule has 0 amide bonds. The zero-order valence-corrected chi connectivity index (χ0v) is 13.3. The van der Waals surface area contributed by atoms with Gasteiger partial charge in [0.1, 0.15) is 0 Å². The van der Waals surface area contributed by atoms with Gasteiger partial charge in [-0.25, -0.2) is 0 Å². The van der Waals surface area contributed by atoms with Gasteiger partial charge in [-0.2, -0.15) is 10.2 Å². The number of rotatable bonds is 3. The van der Waals surface area contributed by atoms with Gasteiger partial charge in [0.25, 0.3) is 0 Å². The Bertz CT molecular complexity index is 910. The van der Waals surface area contributed by atoms with E-state index in [-0.39, 0.29) is 0 Å². The van der Waals surface area contributed by atoms with Crippen LogP contribution >= 0.6 is 22.7 Å². The average molecular weight is 320 g/mol. The van der Waals surface area contributed by atoms with Gasteiger partial charge in [-0.05, 0) is 12.1 Å². The minimum atomic E-state index is 1.12. The van der Waals surface area contributed by atoms with Gasteiger partial charge < -0.3 is 0 Å². The predicted molar refractivity (Wildman–Crippen MR) is 98.8 cm³/mol. The molecular weight excluding hydrogens is 308 g/mol. The lowest BCUT2D eigenvalue weighted by Gasteiger charge is -1.90. The third-order valence-electron chi connectivity index (χ3n) is 3.48. The van der Waals surface area contributed by atoms with E-state index in [0.717, 1.165) is 11.1 Å². The maximum atomic E-state index is 4.20. The summed E-state index contributed by atoms with van der Waals surface area (Å²) < 4.78 is 2.55. The highest BCUT2D eigenvalue weighted by atomic mass is 32.1. The quantitative estimate of drug-likeness (QED) is 0.348. The largest absolute Gasteiger partial charge is 0.158 e. The highest BCUT2D eigenvalue weighted by Gasteiger charge is 2.01. The van der Waals surface area contributed by atoms with Gasteiger partial charge in [-0.1, -0.05) is 36.4 Å². The SMILES string of the molecule is C(=NN=Cc1csc2ccccc12)c1csc2ccccc12. The standard InChI is InChI=1S/C18H12N2S2/c1-3-7-17-15(5-1)13(11-21-17)9-19-20-10-14-12-22-18-8-4-2-6-16(14)18/h1-12H. The molecular formula is C18H12N2S2. The van der Waals surface area contributed by atoms with Crippen LogP contribution in [-0.4, -0.2) is 12.4 Å². The Morgan fingerprint density at radius 2 is 1.09 bits per heavy atom. The van der Waals surface area contributed by atoms with Gasteiger partial charge in [0.2, 0.25) is 0 Å². The zero-order valence-electron chi connectivity index (χ0n) is 11.6. The van der Waals surface area contributed by atoms with E-state index in [9.17, 15) is 0 Å². The van der Waals surface area contributed by atoms with Gasteiger partial charge in [0, 0.05) is 42.1 Å². The first-order valence-electron chi connectivity index (χ1n) is 6.91. The third kappa shape index (κ3) is 2.47. The lowest BCUT2D eigenvalue weighted by Crippen LogP contribution is -1.78.